The second-order valence-corrected chi connectivity index (χ2v) is 6.83. The van der Waals surface area contributed by atoms with Gasteiger partial charge in [-0.15, -0.1) is 0 Å². The van der Waals surface area contributed by atoms with Gasteiger partial charge in [0, 0.05) is 10.2 Å². The number of rotatable bonds is 3. The van der Waals surface area contributed by atoms with Crippen LogP contribution in [-0.2, 0) is 0 Å². The molecule has 0 aliphatic heterocycles. The van der Waals surface area contributed by atoms with Crippen LogP contribution in [0.5, 0.6) is 0 Å². The van der Waals surface area contributed by atoms with Crippen LogP contribution in [0.3, 0.4) is 0 Å². The van der Waals surface area contributed by atoms with E-state index in [0.29, 0.717) is 16.9 Å². The molecule has 0 heterocycles. The molecular weight excluding hydrogens is 336 g/mol. The van der Waals surface area contributed by atoms with Gasteiger partial charge in [-0.05, 0) is 65.7 Å². The molecule has 0 fully saturated rings. The number of benzene rings is 1. The van der Waals surface area contributed by atoms with E-state index in [1.165, 1.54) is 5.57 Å². The zero-order valence-electron chi connectivity index (χ0n) is 11.7. The fraction of sp³-hybridized carbons (Fsp3) is 0.438. The van der Waals surface area contributed by atoms with E-state index in [0.717, 1.165) is 23.0 Å². The quantitative estimate of drug-likeness (QED) is 0.739. The van der Waals surface area contributed by atoms with Gasteiger partial charge in [-0.25, -0.2) is 0 Å². The summed E-state index contributed by atoms with van der Waals surface area (Å²) in [4.78, 5) is 0. The van der Waals surface area contributed by atoms with Crippen LogP contribution < -0.4 is 5.32 Å². The van der Waals surface area contributed by atoms with Crippen LogP contribution in [0, 0.1) is 23.2 Å². The average molecular weight is 354 g/mol. The number of hydrogen-bond donors (Lipinski definition) is 1. The third-order valence-electron chi connectivity index (χ3n) is 3.68. The molecule has 106 valence electrons. The van der Waals surface area contributed by atoms with E-state index in [9.17, 15) is 5.26 Å². The van der Waals surface area contributed by atoms with Gasteiger partial charge in [0.15, 0.2) is 0 Å². The summed E-state index contributed by atoms with van der Waals surface area (Å²) < 4.78 is 0.842. The average Bonchev–Trinajstić information content (AvgIpc) is 2.38. The summed E-state index contributed by atoms with van der Waals surface area (Å²) in [5, 5.41) is 13.5. The van der Waals surface area contributed by atoms with Crippen molar-refractivity contribution in [1.82, 2.24) is 0 Å². The minimum atomic E-state index is -0.172. The predicted octanol–water partition coefficient (Wildman–Crippen LogP) is 5.40. The van der Waals surface area contributed by atoms with Crippen LogP contribution in [0.25, 0.3) is 0 Å². The molecule has 2 nitrogen and oxygen atoms in total. The summed E-state index contributed by atoms with van der Waals surface area (Å²) in [7, 11) is 0. The van der Waals surface area contributed by atoms with Gasteiger partial charge in [-0.3, -0.25) is 0 Å². The molecule has 0 radical (unpaired) electrons. The fourth-order valence-corrected chi connectivity index (χ4v) is 3.37. The van der Waals surface area contributed by atoms with Crippen molar-refractivity contribution in [3.63, 3.8) is 0 Å². The first-order chi connectivity index (χ1) is 9.49. The normalized spacial score (nSPS) is 23.6. The summed E-state index contributed by atoms with van der Waals surface area (Å²) in [5.41, 5.74) is 2.31. The van der Waals surface area contributed by atoms with Crippen molar-refractivity contribution in [2.75, 3.05) is 5.32 Å². The first-order valence-electron chi connectivity index (χ1n) is 6.78. The summed E-state index contributed by atoms with van der Waals surface area (Å²) in [6.45, 7) is 4.36. The Labute approximate surface area is 133 Å². The molecule has 0 spiro atoms. The molecule has 4 heteroatoms. The topological polar surface area (TPSA) is 35.8 Å². The van der Waals surface area contributed by atoms with Crippen LogP contribution in [0.15, 0.2) is 34.3 Å². The Kier molecular flexibility index (Phi) is 5.12. The number of anilines is 1. The maximum Gasteiger partial charge on any atom is 0.117 e. The van der Waals surface area contributed by atoms with Crippen molar-refractivity contribution in [1.29, 1.82) is 5.26 Å². The second kappa shape index (κ2) is 6.65. The molecule has 1 aliphatic carbocycles. The van der Waals surface area contributed by atoms with Gasteiger partial charge in [0.1, 0.15) is 6.04 Å². The van der Waals surface area contributed by atoms with Gasteiger partial charge in [-0.2, -0.15) is 5.26 Å². The van der Waals surface area contributed by atoms with E-state index in [1.807, 2.05) is 18.2 Å². The molecule has 1 aliphatic rings. The van der Waals surface area contributed by atoms with E-state index in [-0.39, 0.29) is 6.04 Å². The maximum atomic E-state index is 9.47. The van der Waals surface area contributed by atoms with Crippen LogP contribution in [0.2, 0.25) is 5.02 Å². The lowest BCUT2D eigenvalue weighted by Crippen LogP contribution is -2.30. The smallest absolute Gasteiger partial charge is 0.117 e. The summed E-state index contributed by atoms with van der Waals surface area (Å²) in [6.07, 6.45) is 4.35. The minimum Gasteiger partial charge on any atom is -0.370 e. The van der Waals surface area contributed by atoms with Crippen molar-refractivity contribution < 1.29 is 0 Å². The Morgan fingerprint density at radius 3 is 2.85 bits per heavy atom. The van der Waals surface area contributed by atoms with Crippen LogP contribution in [0.1, 0.15) is 26.7 Å². The molecule has 0 amide bonds. The van der Waals surface area contributed by atoms with Gasteiger partial charge in [0.05, 0.1) is 11.1 Å². The Morgan fingerprint density at radius 1 is 1.50 bits per heavy atom. The molecule has 3 atom stereocenters. The van der Waals surface area contributed by atoms with Gasteiger partial charge in [0.2, 0.25) is 0 Å². The maximum absolute atomic E-state index is 9.47. The number of hydrogen-bond acceptors (Lipinski definition) is 2. The molecule has 0 aromatic heterocycles. The summed E-state index contributed by atoms with van der Waals surface area (Å²) in [6, 6.07) is 7.89. The Morgan fingerprint density at radius 2 is 2.25 bits per heavy atom. The van der Waals surface area contributed by atoms with Gasteiger partial charge in [0.25, 0.3) is 0 Å². The lowest BCUT2D eigenvalue weighted by atomic mass is 9.80. The highest BCUT2D eigenvalue weighted by Gasteiger charge is 2.26. The Hall–Kier alpha value is -0.980. The van der Waals surface area contributed by atoms with E-state index in [1.54, 1.807) is 0 Å². The number of allylic oxidation sites excluding steroid dienone is 2. The molecule has 1 aromatic rings. The zero-order chi connectivity index (χ0) is 14.7. The molecule has 1 aromatic carbocycles. The highest BCUT2D eigenvalue weighted by atomic mass is 79.9. The number of nitriles is 1. The first kappa shape index (κ1) is 15.4. The third-order valence-corrected chi connectivity index (χ3v) is 4.89. The van der Waals surface area contributed by atoms with Gasteiger partial charge in [-0.1, -0.05) is 30.2 Å². The number of halogens is 2. The minimum absolute atomic E-state index is 0.172. The molecule has 3 unspecified atom stereocenters. The zero-order valence-corrected chi connectivity index (χ0v) is 14.0. The molecule has 1 N–H and O–H groups in total. The molecule has 0 bridgehead atoms. The molecule has 0 saturated heterocycles. The highest BCUT2D eigenvalue weighted by molar-refractivity contribution is 9.10. The van der Waals surface area contributed by atoms with Crippen molar-refractivity contribution in [2.24, 2.45) is 11.8 Å². The number of nitrogens with zero attached hydrogens (tertiary/aromatic N) is 1. The third kappa shape index (κ3) is 3.77. The lowest BCUT2D eigenvalue weighted by Gasteiger charge is -2.29. The Bertz CT molecular complexity index is 562. The van der Waals surface area contributed by atoms with Crippen LogP contribution >= 0.6 is 27.5 Å². The van der Waals surface area contributed by atoms with Crippen molar-refractivity contribution >= 4 is 33.2 Å². The van der Waals surface area contributed by atoms with Gasteiger partial charge >= 0.3 is 0 Å². The van der Waals surface area contributed by atoms with Crippen LogP contribution in [0.4, 0.5) is 5.69 Å². The summed E-state index contributed by atoms with van der Waals surface area (Å²) >= 11 is 9.40. The highest BCUT2D eigenvalue weighted by Crippen LogP contribution is 2.32. The monoisotopic (exact) mass is 352 g/mol. The Balaban J connectivity index is 2.11. The lowest BCUT2D eigenvalue weighted by molar-refractivity contribution is 0.388. The fourth-order valence-electron chi connectivity index (χ4n) is 2.87. The molecule has 2 rings (SSSR count). The second-order valence-electron chi connectivity index (χ2n) is 5.57. The van der Waals surface area contributed by atoms with Crippen molar-refractivity contribution in [2.45, 2.75) is 32.7 Å². The largest absolute Gasteiger partial charge is 0.370 e. The van der Waals surface area contributed by atoms with E-state index < -0.39 is 0 Å². The standard InChI is InChI=1S/C16H18BrClN2/c1-10-5-11(2)7-12(6-10)16(9-19)20-13-3-4-15(18)14(17)8-13/h3-5,8,10,12,16,20H,6-7H2,1-2H3. The van der Waals surface area contributed by atoms with Crippen LogP contribution in [-0.4, -0.2) is 6.04 Å². The molecular formula is C16H18BrClN2. The predicted molar refractivity (Wildman–Crippen MR) is 87.8 cm³/mol. The van der Waals surface area contributed by atoms with Crippen molar-refractivity contribution in [3.05, 3.63) is 39.3 Å². The number of nitrogens with one attached hydrogen (secondary N) is 1. The van der Waals surface area contributed by atoms with E-state index in [2.05, 4.69) is 47.2 Å². The SMILES string of the molecule is CC1=CC(C)CC(C(C#N)Nc2ccc(Cl)c(Br)c2)C1. The van der Waals surface area contributed by atoms with Crippen molar-refractivity contribution in [3.8, 4) is 6.07 Å². The summed E-state index contributed by atoms with van der Waals surface area (Å²) in [5.74, 6) is 0.901. The van der Waals surface area contributed by atoms with E-state index >= 15 is 0 Å². The molecule has 20 heavy (non-hydrogen) atoms. The van der Waals surface area contributed by atoms with Gasteiger partial charge < -0.3 is 5.32 Å². The molecule has 0 saturated carbocycles. The van der Waals surface area contributed by atoms with E-state index in [4.69, 9.17) is 11.6 Å². The first-order valence-corrected chi connectivity index (χ1v) is 7.95.